The third-order valence-electron chi connectivity index (χ3n) is 5.10. The number of aliphatic carboxylic acids is 1. The van der Waals surface area contributed by atoms with Gasteiger partial charge in [-0.05, 0) is 19.3 Å². The predicted octanol–water partition coefficient (Wildman–Crippen LogP) is -0.719. The molecule has 0 aromatic rings. The fourth-order valence-corrected chi connectivity index (χ4v) is 4.60. The summed E-state index contributed by atoms with van der Waals surface area (Å²) in [5.74, 6) is -4.69. The molecule has 0 amide bonds. The van der Waals surface area contributed by atoms with Gasteiger partial charge in [0.25, 0.3) is 0 Å². The molecule has 14 nitrogen and oxygen atoms in total. The van der Waals surface area contributed by atoms with Crippen molar-refractivity contribution in [3.05, 3.63) is 0 Å². The number of nitrogens with two attached hydrogens (primary N) is 2. The standard InChI is InChI=1S/C22H34N2O12S/c1-10(25)32-8-17-18(33-11(2)26)19(34-12(3)27)20(35-13(4)28)22(36-17)37-9-16(29)14(23)6-5-7-15(24)21(30)31/h14-15,17-20,22H,5-9,23-24H2,1-4H3,(H,30,31)/t14?,15-,17+,18+,19-,20-,22+/m0/s1. The molecule has 0 spiro atoms. The van der Waals surface area contributed by atoms with E-state index in [-0.39, 0.29) is 25.2 Å². The lowest BCUT2D eigenvalue weighted by molar-refractivity contribution is -0.237. The van der Waals surface area contributed by atoms with Crippen LogP contribution < -0.4 is 11.5 Å². The van der Waals surface area contributed by atoms with E-state index in [0.29, 0.717) is 6.42 Å². The Bertz CT molecular complexity index is 854. The van der Waals surface area contributed by atoms with Gasteiger partial charge in [0.05, 0.1) is 11.8 Å². The van der Waals surface area contributed by atoms with Crippen LogP contribution in [0.15, 0.2) is 0 Å². The highest BCUT2D eigenvalue weighted by atomic mass is 32.2. The van der Waals surface area contributed by atoms with Gasteiger partial charge in [-0.1, -0.05) is 0 Å². The first-order chi connectivity index (χ1) is 17.2. The van der Waals surface area contributed by atoms with Crippen LogP contribution in [-0.4, -0.2) is 95.0 Å². The molecular weight excluding hydrogens is 516 g/mol. The van der Waals surface area contributed by atoms with Crippen LogP contribution >= 0.6 is 11.8 Å². The Kier molecular flexibility index (Phi) is 13.5. The zero-order valence-electron chi connectivity index (χ0n) is 21.1. The number of carbonyl (C=O) groups excluding carboxylic acids is 5. The highest BCUT2D eigenvalue weighted by molar-refractivity contribution is 8.00. The average molecular weight is 551 g/mol. The summed E-state index contributed by atoms with van der Waals surface area (Å²) in [6.07, 6.45) is -4.40. The molecule has 1 unspecified atom stereocenters. The molecule has 7 atom stereocenters. The van der Waals surface area contributed by atoms with Gasteiger partial charge in [-0.25, -0.2) is 0 Å². The number of hydrogen-bond acceptors (Lipinski definition) is 14. The van der Waals surface area contributed by atoms with Crippen molar-refractivity contribution >= 4 is 47.4 Å². The first kappa shape index (κ1) is 32.3. The molecule has 0 aromatic heterocycles. The van der Waals surface area contributed by atoms with E-state index in [2.05, 4.69) is 0 Å². The third kappa shape index (κ3) is 11.5. The number of carboxylic acid groups (broad SMARTS) is 1. The molecule has 1 aliphatic heterocycles. The Morgan fingerprint density at radius 2 is 1.32 bits per heavy atom. The Labute approximate surface area is 218 Å². The van der Waals surface area contributed by atoms with Gasteiger partial charge in [-0.15, -0.1) is 11.8 Å². The molecule has 15 heteroatoms. The van der Waals surface area contributed by atoms with Crippen LogP contribution in [0.25, 0.3) is 0 Å². The van der Waals surface area contributed by atoms with E-state index in [4.69, 9.17) is 40.3 Å². The molecule has 0 aromatic carbocycles. The van der Waals surface area contributed by atoms with Gasteiger partial charge in [-0.3, -0.25) is 28.8 Å². The van der Waals surface area contributed by atoms with Crippen molar-refractivity contribution in [2.45, 2.75) is 88.9 Å². The van der Waals surface area contributed by atoms with Gasteiger partial charge in [0.2, 0.25) is 0 Å². The quantitative estimate of drug-likeness (QED) is 0.179. The van der Waals surface area contributed by atoms with E-state index in [1.54, 1.807) is 0 Å². The number of rotatable bonds is 14. The number of Topliss-reactive ketones (excluding diaryl/α,β-unsaturated/α-hetero) is 1. The van der Waals surface area contributed by atoms with Crippen LogP contribution in [0.3, 0.4) is 0 Å². The lowest BCUT2D eigenvalue weighted by Gasteiger charge is -2.44. The minimum absolute atomic E-state index is 0.142. The number of thioether (sulfide) groups is 1. The fourth-order valence-electron chi connectivity index (χ4n) is 3.44. The summed E-state index contributed by atoms with van der Waals surface area (Å²) >= 11 is 0.898. The zero-order valence-corrected chi connectivity index (χ0v) is 21.9. The molecule has 0 radical (unpaired) electrons. The van der Waals surface area contributed by atoms with Gasteiger partial charge < -0.3 is 40.3 Å². The summed E-state index contributed by atoms with van der Waals surface area (Å²) < 4.78 is 26.9. The first-order valence-electron chi connectivity index (χ1n) is 11.4. The molecule has 1 aliphatic rings. The van der Waals surface area contributed by atoms with Crippen molar-refractivity contribution in [3.8, 4) is 0 Å². The van der Waals surface area contributed by atoms with Crippen LogP contribution in [0.1, 0.15) is 47.0 Å². The summed E-state index contributed by atoms with van der Waals surface area (Å²) in [6.45, 7) is 4.10. The second kappa shape index (κ2) is 15.5. The molecule has 1 fully saturated rings. The molecular formula is C22H34N2O12S. The molecule has 1 heterocycles. The molecule has 0 aliphatic carbocycles. The van der Waals surface area contributed by atoms with E-state index in [0.717, 1.165) is 39.5 Å². The first-order valence-corrected chi connectivity index (χ1v) is 12.5. The SMILES string of the molecule is CC(=O)OC[C@H]1O[C@H](SCC(=O)C(N)CCC[C@H](N)C(=O)O)[C@@H](OC(C)=O)[C@@H](OC(C)=O)[C@@H]1OC(C)=O. The van der Waals surface area contributed by atoms with Crippen LogP contribution in [0, 0.1) is 0 Å². The average Bonchev–Trinajstić information content (AvgIpc) is 2.78. The van der Waals surface area contributed by atoms with Crippen molar-refractivity contribution in [2.75, 3.05) is 12.4 Å². The van der Waals surface area contributed by atoms with Crippen LogP contribution in [0.4, 0.5) is 0 Å². The van der Waals surface area contributed by atoms with E-state index in [1.807, 2.05) is 0 Å². The van der Waals surface area contributed by atoms with Crippen molar-refractivity contribution < 1.29 is 57.6 Å². The number of esters is 4. The zero-order chi connectivity index (χ0) is 28.3. The summed E-state index contributed by atoms with van der Waals surface area (Å²) in [4.78, 5) is 70.2. The highest BCUT2D eigenvalue weighted by Crippen LogP contribution is 2.34. The predicted molar refractivity (Wildman–Crippen MR) is 127 cm³/mol. The monoisotopic (exact) mass is 550 g/mol. The minimum atomic E-state index is -1.33. The summed E-state index contributed by atoms with van der Waals surface area (Å²) in [7, 11) is 0. The molecule has 0 bridgehead atoms. The number of hydrogen-bond donors (Lipinski definition) is 3. The Hall–Kier alpha value is -2.75. The minimum Gasteiger partial charge on any atom is -0.480 e. The Morgan fingerprint density at radius 3 is 1.84 bits per heavy atom. The molecule has 0 saturated carbocycles. The molecule has 210 valence electrons. The lowest BCUT2D eigenvalue weighted by Crippen LogP contribution is -2.61. The Balaban J connectivity index is 3.07. The second-order valence-corrected chi connectivity index (χ2v) is 9.41. The van der Waals surface area contributed by atoms with Crippen LogP contribution in [-0.2, 0) is 52.5 Å². The second-order valence-electron chi connectivity index (χ2n) is 8.33. The molecule has 37 heavy (non-hydrogen) atoms. The van der Waals surface area contributed by atoms with Gasteiger partial charge in [0, 0.05) is 27.7 Å². The number of ether oxygens (including phenoxy) is 5. The number of carboxylic acids is 1. The highest BCUT2D eigenvalue weighted by Gasteiger charge is 2.52. The van der Waals surface area contributed by atoms with E-state index in [1.165, 1.54) is 0 Å². The maximum Gasteiger partial charge on any atom is 0.320 e. The maximum atomic E-state index is 12.6. The van der Waals surface area contributed by atoms with Gasteiger partial charge >= 0.3 is 29.8 Å². The number of ketones is 1. The third-order valence-corrected chi connectivity index (χ3v) is 6.26. The summed E-state index contributed by atoms with van der Waals surface area (Å²) in [5, 5.41) is 8.84. The van der Waals surface area contributed by atoms with E-state index >= 15 is 0 Å². The van der Waals surface area contributed by atoms with E-state index < -0.39 is 77.6 Å². The van der Waals surface area contributed by atoms with E-state index in [9.17, 15) is 28.8 Å². The smallest absolute Gasteiger partial charge is 0.320 e. The van der Waals surface area contributed by atoms with Crippen LogP contribution in [0.2, 0.25) is 0 Å². The maximum absolute atomic E-state index is 12.6. The largest absolute Gasteiger partial charge is 0.480 e. The van der Waals surface area contributed by atoms with Crippen molar-refractivity contribution in [1.29, 1.82) is 0 Å². The topological polar surface area (TPSA) is 221 Å². The number of carbonyl (C=O) groups is 6. The van der Waals surface area contributed by atoms with Crippen molar-refractivity contribution in [1.82, 2.24) is 0 Å². The van der Waals surface area contributed by atoms with Crippen LogP contribution in [0.5, 0.6) is 0 Å². The Morgan fingerprint density at radius 1 is 0.811 bits per heavy atom. The lowest BCUT2D eigenvalue weighted by atomic mass is 9.99. The normalized spacial score (nSPS) is 24.8. The summed E-state index contributed by atoms with van der Waals surface area (Å²) in [5.41, 5.74) is 10.3. The van der Waals surface area contributed by atoms with Crippen molar-refractivity contribution in [3.63, 3.8) is 0 Å². The van der Waals surface area contributed by atoms with Gasteiger partial charge in [-0.2, -0.15) is 0 Å². The molecule has 1 saturated heterocycles. The van der Waals surface area contributed by atoms with Crippen molar-refractivity contribution in [2.24, 2.45) is 11.5 Å². The fraction of sp³-hybridized carbons (Fsp3) is 0.727. The molecule has 5 N–H and O–H groups in total. The molecule has 1 rings (SSSR count). The van der Waals surface area contributed by atoms with Gasteiger partial charge in [0.1, 0.15) is 24.2 Å². The summed E-state index contributed by atoms with van der Waals surface area (Å²) in [6, 6.07) is -1.98. The van der Waals surface area contributed by atoms with Gasteiger partial charge in [0.15, 0.2) is 24.1 Å².